The third kappa shape index (κ3) is 6.89. The van der Waals surface area contributed by atoms with Gasteiger partial charge in [-0.15, -0.1) is 0 Å². The Hall–Kier alpha value is -2.22. The van der Waals surface area contributed by atoms with Crippen LogP contribution < -0.4 is 5.32 Å². The number of carbonyl (C=O) groups is 2. The minimum absolute atomic E-state index is 0.0251. The van der Waals surface area contributed by atoms with Crippen molar-refractivity contribution in [2.75, 3.05) is 11.9 Å². The summed E-state index contributed by atoms with van der Waals surface area (Å²) in [4.78, 5) is 32.4. The highest BCUT2D eigenvalue weighted by Gasteiger charge is 2.37. The lowest BCUT2D eigenvalue weighted by Gasteiger charge is -2.31. The third-order valence-electron chi connectivity index (χ3n) is 5.87. The molecule has 1 aromatic rings. The first-order chi connectivity index (χ1) is 14.6. The lowest BCUT2D eigenvalue weighted by Crippen LogP contribution is -2.46. The van der Waals surface area contributed by atoms with Gasteiger partial charge in [0.2, 0.25) is 11.8 Å². The van der Waals surface area contributed by atoms with Gasteiger partial charge in [0.1, 0.15) is 6.04 Å². The van der Waals surface area contributed by atoms with Crippen molar-refractivity contribution >= 4 is 23.3 Å². The van der Waals surface area contributed by atoms with E-state index in [0.29, 0.717) is 37.7 Å². The fourth-order valence-corrected chi connectivity index (χ4v) is 4.59. The lowest BCUT2D eigenvalue weighted by molar-refractivity contribution is -0.136. The van der Waals surface area contributed by atoms with Gasteiger partial charge in [0.25, 0.3) is 0 Å². The van der Waals surface area contributed by atoms with Crippen LogP contribution in [0, 0.1) is 5.92 Å². The van der Waals surface area contributed by atoms with Crippen LogP contribution in [0.25, 0.3) is 0 Å². The van der Waals surface area contributed by atoms with Gasteiger partial charge in [-0.1, -0.05) is 32.1 Å². The van der Waals surface area contributed by atoms with Crippen molar-refractivity contribution in [1.29, 1.82) is 0 Å². The first-order valence-electron chi connectivity index (χ1n) is 11.5. The van der Waals surface area contributed by atoms with E-state index < -0.39 is 11.6 Å². The topological polar surface area (TPSA) is 99.8 Å². The fourth-order valence-electron chi connectivity index (χ4n) is 4.59. The summed E-state index contributed by atoms with van der Waals surface area (Å²) in [6.07, 6.45) is 8.56. The Bertz CT molecular complexity index is 802. The Morgan fingerprint density at radius 2 is 2.03 bits per heavy atom. The molecule has 172 valence electrons. The predicted molar refractivity (Wildman–Crippen MR) is 121 cm³/mol. The number of aromatic nitrogens is 2. The zero-order chi connectivity index (χ0) is 22.6. The van der Waals surface area contributed by atoms with E-state index in [0.717, 1.165) is 18.6 Å². The number of nitrogens with zero attached hydrogens (tertiary/aromatic N) is 4. The molecule has 1 aliphatic carbocycles. The second-order valence-corrected chi connectivity index (χ2v) is 9.94. The van der Waals surface area contributed by atoms with Crippen LogP contribution in [0.15, 0.2) is 17.3 Å². The molecule has 1 atom stereocenters. The van der Waals surface area contributed by atoms with Crippen LogP contribution in [0.2, 0.25) is 0 Å². The van der Waals surface area contributed by atoms with E-state index in [1.807, 2.05) is 13.8 Å². The maximum atomic E-state index is 13.3. The molecule has 3 rings (SSSR count). The number of hydrogen-bond acceptors (Lipinski definition) is 5. The van der Waals surface area contributed by atoms with Crippen LogP contribution in [0.1, 0.15) is 72.6 Å². The Balaban J connectivity index is 1.74. The molecular formula is C23H37N5O3. The van der Waals surface area contributed by atoms with Gasteiger partial charge in [-0.05, 0) is 40.0 Å². The molecule has 8 heteroatoms. The quantitative estimate of drug-likeness (QED) is 0.661. The molecule has 2 aliphatic rings. The van der Waals surface area contributed by atoms with Crippen LogP contribution in [-0.2, 0) is 16.1 Å². The summed E-state index contributed by atoms with van der Waals surface area (Å²) in [5, 5.41) is 17.3. The Morgan fingerprint density at radius 3 is 2.68 bits per heavy atom. The van der Waals surface area contributed by atoms with Crippen LogP contribution in [0.3, 0.4) is 0 Å². The Kier molecular flexibility index (Phi) is 7.51. The predicted octanol–water partition coefficient (Wildman–Crippen LogP) is 3.01. The summed E-state index contributed by atoms with van der Waals surface area (Å²) >= 11 is 0. The van der Waals surface area contributed by atoms with Gasteiger partial charge in [-0.25, -0.2) is 0 Å². The van der Waals surface area contributed by atoms with Gasteiger partial charge in [0, 0.05) is 24.0 Å². The zero-order valence-electron chi connectivity index (χ0n) is 19.3. The van der Waals surface area contributed by atoms with E-state index >= 15 is 0 Å². The number of likely N-dealkylation sites (tertiary alicyclic amines) is 1. The Morgan fingerprint density at radius 1 is 1.32 bits per heavy atom. The first-order valence-corrected chi connectivity index (χ1v) is 11.5. The molecule has 1 aromatic heterocycles. The van der Waals surface area contributed by atoms with Crippen LogP contribution in [-0.4, -0.2) is 61.5 Å². The number of amides is 2. The second-order valence-electron chi connectivity index (χ2n) is 9.94. The van der Waals surface area contributed by atoms with E-state index in [9.17, 15) is 14.7 Å². The van der Waals surface area contributed by atoms with Crippen molar-refractivity contribution in [3.8, 4) is 0 Å². The van der Waals surface area contributed by atoms with E-state index in [1.165, 1.54) is 19.3 Å². The largest absolute Gasteiger partial charge is 0.389 e. The normalized spacial score (nSPS) is 20.6. The van der Waals surface area contributed by atoms with Gasteiger partial charge in [0.15, 0.2) is 5.82 Å². The molecule has 8 nitrogen and oxygen atoms in total. The average Bonchev–Trinajstić information content (AvgIpc) is 3.24. The number of nitrogens with one attached hydrogen (secondary N) is 1. The van der Waals surface area contributed by atoms with E-state index in [2.05, 4.69) is 15.4 Å². The first kappa shape index (κ1) is 23.4. The van der Waals surface area contributed by atoms with Gasteiger partial charge in [-0.2, -0.15) is 5.10 Å². The monoisotopic (exact) mass is 431 g/mol. The molecule has 2 fully saturated rings. The molecule has 0 radical (unpaired) electrons. The smallest absolute Gasteiger partial charge is 0.248 e. The van der Waals surface area contributed by atoms with Crippen molar-refractivity contribution in [2.24, 2.45) is 10.9 Å². The van der Waals surface area contributed by atoms with E-state index in [4.69, 9.17) is 0 Å². The average molecular weight is 432 g/mol. The van der Waals surface area contributed by atoms with Crippen molar-refractivity contribution < 1.29 is 14.7 Å². The number of carbonyl (C=O) groups excluding carboxylic acids is 2. The van der Waals surface area contributed by atoms with Gasteiger partial charge < -0.3 is 15.3 Å². The zero-order valence-corrected chi connectivity index (χ0v) is 19.3. The van der Waals surface area contributed by atoms with Crippen molar-refractivity contribution in [1.82, 2.24) is 14.7 Å². The summed E-state index contributed by atoms with van der Waals surface area (Å²) < 4.78 is 1.61. The Labute approximate surface area is 185 Å². The van der Waals surface area contributed by atoms with Gasteiger partial charge in [0.05, 0.1) is 25.1 Å². The molecule has 2 heterocycles. The highest BCUT2D eigenvalue weighted by molar-refractivity contribution is 6.10. The third-order valence-corrected chi connectivity index (χ3v) is 5.87. The summed E-state index contributed by atoms with van der Waals surface area (Å²) in [5.74, 6) is 0.669. The van der Waals surface area contributed by atoms with E-state index in [1.54, 1.807) is 35.7 Å². The standard InChI is InChI=1S/C23H37N5O3/c1-16(2)24-18-13-21(29)28(14-18)19(12-17-8-6-5-7-9-17)22(30)25-20-10-11-27(26-20)15-23(3,4)31/h10-11,16-17,19,31H,5-9,12-15H2,1-4H3,(H,25,26,30). The minimum atomic E-state index is -0.898. The van der Waals surface area contributed by atoms with Gasteiger partial charge in [-0.3, -0.25) is 19.3 Å². The molecule has 0 spiro atoms. The SMILES string of the molecule is CC(C)N=C1CC(=O)N(C(CC2CCCCC2)C(=O)Nc2ccn(CC(C)(C)O)n2)C1. The summed E-state index contributed by atoms with van der Waals surface area (Å²) in [6, 6.07) is 1.33. The lowest BCUT2D eigenvalue weighted by atomic mass is 9.84. The molecule has 1 aliphatic heterocycles. The maximum Gasteiger partial charge on any atom is 0.248 e. The molecule has 2 amide bonds. The van der Waals surface area contributed by atoms with Crippen LogP contribution >= 0.6 is 0 Å². The fraction of sp³-hybridized carbons (Fsp3) is 0.739. The van der Waals surface area contributed by atoms with Crippen LogP contribution in [0.4, 0.5) is 5.82 Å². The van der Waals surface area contributed by atoms with Crippen molar-refractivity contribution in [3.63, 3.8) is 0 Å². The number of aliphatic hydroxyl groups is 1. The summed E-state index contributed by atoms with van der Waals surface area (Å²) in [7, 11) is 0. The molecule has 31 heavy (non-hydrogen) atoms. The number of anilines is 1. The van der Waals surface area contributed by atoms with Gasteiger partial charge >= 0.3 is 0 Å². The molecular weight excluding hydrogens is 394 g/mol. The van der Waals surface area contributed by atoms with Crippen LogP contribution in [0.5, 0.6) is 0 Å². The summed E-state index contributed by atoms with van der Waals surface area (Å²) in [6.45, 7) is 8.17. The molecule has 1 unspecified atom stereocenters. The van der Waals surface area contributed by atoms with Crippen molar-refractivity contribution in [2.45, 2.75) is 96.9 Å². The minimum Gasteiger partial charge on any atom is -0.389 e. The number of aliphatic imine (C=N–C) groups is 1. The molecule has 2 N–H and O–H groups in total. The molecule has 1 saturated heterocycles. The van der Waals surface area contributed by atoms with Crippen molar-refractivity contribution in [3.05, 3.63) is 12.3 Å². The molecule has 0 aromatic carbocycles. The molecule has 0 bridgehead atoms. The molecule has 1 saturated carbocycles. The van der Waals surface area contributed by atoms with E-state index in [-0.39, 0.29) is 17.9 Å². The highest BCUT2D eigenvalue weighted by Crippen LogP contribution is 2.30. The number of hydrogen-bond donors (Lipinski definition) is 2. The number of rotatable bonds is 8. The highest BCUT2D eigenvalue weighted by atomic mass is 16.3. The summed E-state index contributed by atoms with van der Waals surface area (Å²) in [5.41, 5.74) is -0.0406. The maximum absolute atomic E-state index is 13.3. The second kappa shape index (κ2) is 9.94.